The third-order valence-corrected chi connectivity index (χ3v) is 10.1. The third kappa shape index (κ3) is 4.01. The highest BCUT2D eigenvalue weighted by Crippen LogP contribution is 2.57. The second kappa shape index (κ2) is 10.2. The van der Waals surface area contributed by atoms with E-state index in [1.807, 2.05) is 42.5 Å². The van der Waals surface area contributed by atoms with Crippen LogP contribution in [-0.4, -0.2) is 16.6 Å². The van der Waals surface area contributed by atoms with Gasteiger partial charge in [0.05, 0.1) is 16.9 Å². The number of carbonyl (C=O) groups is 2. The van der Waals surface area contributed by atoms with E-state index in [0.717, 1.165) is 48.9 Å². The van der Waals surface area contributed by atoms with Crippen LogP contribution in [0.5, 0.6) is 0 Å². The fraction of sp³-hybridized carbons (Fsp3) is 0.0769. The van der Waals surface area contributed by atoms with Crippen LogP contribution >= 0.6 is 11.3 Å². The van der Waals surface area contributed by atoms with E-state index < -0.39 is 5.41 Å². The van der Waals surface area contributed by atoms with E-state index in [2.05, 4.69) is 41.9 Å². The zero-order valence-corrected chi connectivity index (χ0v) is 25.7. The van der Waals surface area contributed by atoms with Gasteiger partial charge < -0.3 is 4.90 Å². The van der Waals surface area contributed by atoms with Gasteiger partial charge in [0.2, 0.25) is 0 Å². The standard InChI is InChI=1S/C39H24FN3O2S/c1-39(2)30-18-22(24-12-7-17-42-33(24)21-41)13-15-35(30)43(34-16-14-32(40)25-8-3-4-9-26(25)34)38-31(39)20-23(46-38)19-29-36(44)27-10-5-6-11-28(27)37(29)45/h3-20H,1-2H3. The van der Waals surface area contributed by atoms with Crippen molar-refractivity contribution in [3.8, 4) is 17.2 Å². The Hall–Kier alpha value is -5.71. The summed E-state index contributed by atoms with van der Waals surface area (Å²) in [7, 11) is 0. The highest BCUT2D eigenvalue weighted by atomic mass is 32.1. The molecule has 0 fully saturated rings. The second-order valence-electron chi connectivity index (χ2n) is 11.9. The van der Waals surface area contributed by atoms with E-state index in [1.54, 1.807) is 48.7 Å². The van der Waals surface area contributed by atoms with Gasteiger partial charge in [0, 0.05) is 44.0 Å². The number of aromatic nitrogens is 1. The Bertz CT molecular complexity index is 2340. The molecule has 46 heavy (non-hydrogen) atoms. The number of anilines is 3. The Balaban J connectivity index is 1.37. The Morgan fingerprint density at radius 1 is 0.804 bits per heavy atom. The molecule has 7 heteroatoms. The molecule has 1 aliphatic heterocycles. The lowest BCUT2D eigenvalue weighted by atomic mass is 9.74. The van der Waals surface area contributed by atoms with Crippen LogP contribution in [0.2, 0.25) is 0 Å². The third-order valence-electron chi connectivity index (χ3n) is 9.02. The number of carbonyl (C=O) groups excluding carboxylic acids is 2. The van der Waals surface area contributed by atoms with Crippen molar-refractivity contribution in [3.05, 3.63) is 147 Å². The van der Waals surface area contributed by atoms with Gasteiger partial charge in [-0.2, -0.15) is 5.26 Å². The first-order valence-corrected chi connectivity index (χ1v) is 15.6. The van der Waals surface area contributed by atoms with Crippen LogP contribution in [-0.2, 0) is 5.41 Å². The van der Waals surface area contributed by atoms with Crippen molar-refractivity contribution in [2.24, 2.45) is 0 Å². The van der Waals surface area contributed by atoms with E-state index in [4.69, 9.17) is 0 Å². The lowest BCUT2D eigenvalue weighted by molar-refractivity contribution is 0.0990. The summed E-state index contributed by atoms with van der Waals surface area (Å²) >= 11 is 1.49. The molecule has 1 aliphatic carbocycles. The first kappa shape index (κ1) is 27.8. The van der Waals surface area contributed by atoms with Crippen LogP contribution in [0.15, 0.2) is 109 Å². The molecular weight excluding hydrogens is 594 g/mol. The second-order valence-corrected chi connectivity index (χ2v) is 13.0. The first-order valence-electron chi connectivity index (χ1n) is 14.8. The zero-order chi connectivity index (χ0) is 31.7. The molecule has 0 radical (unpaired) electrons. The molecule has 3 heterocycles. The fourth-order valence-corrected chi connectivity index (χ4v) is 7.98. The predicted octanol–water partition coefficient (Wildman–Crippen LogP) is 9.55. The number of fused-ring (bicyclic) bond motifs is 4. The number of halogens is 1. The minimum absolute atomic E-state index is 0.150. The molecule has 0 saturated carbocycles. The number of ketones is 2. The molecule has 0 N–H and O–H groups in total. The summed E-state index contributed by atoms with van der Waals surface area (Å²) in [4.78, 5) is 33.8. The maximum Gasteiger partial charge on any atom is 0.197 e. The van der Waals surface area contributed by atoms with E-state index >= 15 is 4.39 Å². The van der Waals surface area contributed by atoms with Gasteiger partial charge >= 0.3 is 0 Å². The number of nitrogens with zero attached hydrogens (tertiary/aromatic N) is 3. The monoisotopic (exact) mass is 617 g/mol. The Morgan fingerprint density at radius 3 is 2.22 bits per heavy atom. The fourth-order valence-electron chi connectivity index (χ4n) is 6.69. The number of hydrogen-bond acceptors (Lipinski definition) is 6. The number of nitriles is 1. The number of thiophene rings is 1. The topological polar surface area (TPSA) is 74.1 Å². The van der Waals surface area contributed by atoms with Gasteiger partial charge in [0.1, 0.15) is 22.6 Å². The number of hydrogen-bond donors (Lipinski definition) is 0. The molecular formula is C39H24FN3O2S. The van der Waals surface area contributed by atoms with Gasteiger partial charge in [-0.05, 0) is 65.2 Å². The number of pyridine rings is 1. The lowest BCUT2D eigenvalue weighted by Crippen LogP contribution is -2.29. The molecule has 2 aliphatic rings. The normalized spacial score (nSPS) is 14.6. The van der Waals surface area contributed by atoms with Crippen LogP contribution < -0.4 is 4.90 Å². The highest BCUT2D eigenvalue weighted by Gasteiger charge is 2.40. The van der Waals surface area contributed by atoms with Gasteiger partial charge in [0.25, 0.3) is 0 Å². The molecule has 8 rings (SSSR count). The van der Waals surface area contributed by atoms with Gasteiger partial charge in [-0.25, -0.2) is 9.37 Å². The molecule has 5 nitrogen and oxygen atoms in total. The average Bonchev–Trinajstić information content (AvgIpc) is 3.61. The maximum absolute atomic E-state index is 15.1. The molecule has 0 saturated heterocycles. The molecule has 0 unspecified atom stereocenters. The molecule has 220 valence electrons. The Kier molecular flexibility index (Phi) is 6.14. The van der Waals surface area contributed by atoms with Crippen LogP contribution in [0.1, 0.15) is 56.3 Å². The molecule has 4 aromatic carbocycles. The molecule has 0 bridgehead atoms. The van der Waals surface area contributed by atoms with E-state index in [9.17, 15) is 14.9 Å². The summed E-state index contributed by atoms with van der Waals surface area (Å²) in [5.74, 6) is -0.849. The van der Waals surface area contributed by atoms with Crippen LogP contribution in [0, 0.1) is 17.1 Å². The van der Waals surface area contributed by atoms with E-state index in [-0.39, 0.29) is 23.0 Å². The summed E-state index contributed by atoms with van der Waals surface area (Å²) < 4.78 is 15.1. The number of Topliss-reactive ketones (excluding diaryl/α,β-unsaturated/α-hetero) is 2. The number of rotatable bonds is 3. The lowest BCUT2D eigenvalue weighted by Gasteiger charge is -2.40. The quantitative estimate of drug-likeness (QED) is 0.146. The summed E-state index contributed by atoms with van der Waals surface area (Å²) in [6.45, 7) is 4.29. The largest absolute Gasteiger partial charge is 0.301 e. The Labute approximate surface area is 268 Å². The van der Waals surface area contributed by atoms with Gasteiger partial charge in [0.15, 0.2) is 11.6 Å². The smallest absolute Gasteiger partial charge is 0.197 e. The Morgan fingerprint density at radius 2 is 1.48 bits per heavy atom. The minimum Gasteiger partial charge on any atom is -0.301 e. The number of benzene rings is 4. The summed E-state index contributed by atoms with van der Waals surface area (Å²) in [5, 5.41) is 12.0. The average molecular weight is 618 g/mol. The highest BCUT2D eigenvalue weighted by molar-refractivity contribution is 7.17. The van der Waals surface area contributed by atoms with E-state index in [0.29, 0.717) is 22.2 Å². The summed E-state index contributed by atoms with van der Waals surface area (Å²) in [6.07, 6.45) is 3.31. The van der Waals surface area contributed by atoms with E-state index in [1.165, 1.54) is 17.4 Å². The van der Waals surface area contributed by atoms with Crippen molar-refractivity contribution < 1.29 is 14.0 Å². The van der Waals surface area contributed by atoms with Crippen molar-refractivity contribution in [3.63, 3.8) is 0 Å². The molecule has 2 aromatic heterocycles. The van der Waals surface area contributed by atoms with Crippen LogP contribution in [0.4, 0.5) is 20.8 Å². The van der Waals surface area contributed by atoms with Crippen molar-refractivity contribution in [1.29, 1.82) is 5.26 Å². The minimum atomic E-state index is -0.512. The van der Waals surface area contributed by atoms with Crippen molar-refractivity contribution >= 4 is 56.1 Å². The van der Waals surface area contributed by atoms with Crippen LogP contribution in [0.3, 0.4) is 0 Å². The predicted molar refractivity (Wildman–Crippen MR) is 180 cm³/mol. The zero-order valence-electron chi connectivity index (χ0n) is 24.8. The molecule has 0 atom stereocenters. The molecule has 0 amide bonds. The van der Waals surface area contributed by atoms with Crippen molar-refractivity contribution in [1.82, 2.24) is 4.98 Å². The van der Waals surface area contributed by atoms with Crippen molar-refractivity contribution in [2.45, 2.75) is 19.3 Å². The van der Waals surface area contributed by atoms with Crippen molar-refractivity contribution in [2.75, 3.05) is 4.90 Å². The summed E-state index contributed by atoms with van der Waals surface area (Å²) in [6, 6.07) is 31.7. The molecule has 0 spiro atoms. The van der Waals surface area contributed by atoms with Gasteiger partial charge in [-0.1, -0.05) is 68.4 Å². The van der Waals surface area contributed by atoms with Crippen LogP contribution in [0.25, 0.3) is 28.0 Å². The maximum atomic E-state index is 15.1. The van der Waals surface area contributed by atoms with Gasteiger partial charge in [-0.15, -0.1) is 11.3 Å². The first-order chi connectivity index (χ1) is 22.3. The SMILES string of the molecule is CC1(C)c2cc(-c3cccnc3C#N)ccc2N(c2ccc(F)c3ccccc23)c2sc(C=C3C(=O)c4ccccc4C3=O)cc21. The van der Waals surface area contributed by atoms with Gasteiger partial charge in [-0.3, -0.25) is 9.59 Å². The number of allylic oxidation sites excluding steroid dienone is 1. The molecule has 6 aromatic rings. The summed E-state index contributed by atoms with van der Waals surface area (Å²) in [5.41, 5.74) is 6.17.